The molecule has 0 unspecified atom stereocenters. The second-order valence-electron chi connectivity index (χ2n) is 7.73. The maximum Gasteiger partial charge on any atom is 0.248 e. The van der Waals surface area contributed by atoms with Gasteiger partial charge < -0.3 is 14.8 Å². The molecule has 1 N–H and O–H groups in total. The Morgan fingerprint density at radius 3 is 2.52 bits per heavy atom. The molecule has 2 aromatic rings. The lowest BCUT2D eigenvalue weighted by Crippen LogP contribution is -2.32. The van der Waals surface area contributed by atoms with E-state index in [1.54, 1.807) is 47.6 Å². The van der Waals surface area contributed by atoms with Gasteiger partial charge in [-0.1, -0.05) is 25.0 Å². The van der Waals surface area contributed by atoms with Crippen molar-refractivity contribution in [1.82, 2.24) is 4.31 Å². The molecule has 2 heterocycles. The van der Waals surface area contributed by atoms with Gasteiger partial charge in [-0.25, -0.2) is 8.42 Å². The minimum atomic E-state index is -3.60. The van der Waals surface area contributed by atoms with Crippen molar-refractivity contribution in [2.75, 3.05) is 25.2 Å². The lowest BCUT2D eigenvalue weighted by molar-refractivity contribution is -0.111. The molecule has 0 bridgehead atoms. The number of rotatable bonds is 5. The van der Waals surface area contributed by atoms with Gasteiger partial charge in [0.05, 0.1) is 4.90 Å². The highest BCUT2D eigenvalue weighted by atomic mass is 32.2. The van der Waals surface area contributed by atoms with Crippen LogP contribution in [0.1, 0.15) is 36.8 Å². The van der Waals surface area contributed by atoms with Gasteiger partial charge in [0.1, 0.15) is 0 Å². The van der Waals surface area contributed by atoms with E-state index in [0.717, 1.165) is 31.2 Å². The maximum absolute atomic E-state index is 13.2. The van der Waals surface area contributed by atoms with E-state index in [4.69, 9.17) is 9.47 Å². The number of hydrogen-bond acceptors (Lipinski definition) is 5. The summed E-state index contributed by atoms with van der Waals surface area (Å²) in [6.07, 6.45) is 6.92. The van der Waals surface area contributed by atoms with E-state index in [0.29, 0.717) is 35.8 Å². The van der Waals surface area contributed by atoms with Crippen molar-refractivity contribution >= 4 is 27.7 Å². The Balaban J connectivity index is 1.48. The summed E-state index contributed by atoms with van der Waals surface area (Å²) >= 11 is 0. The topological polar surface area (TPSA) is 84.9 Å². The number of carbonyl (C=O) groups excluding carboxylic acids is 1. The molecule has 0 spiro atoms. The lowest BCUT2D eigenvalue weighted by Gasteiger charge is -2.21. The number of anilines is 1. The molecule has 0 aliphatic carbocycles. The number of fused-ring (bicyclic) bond motifs is 1. The van der Waals surface area contributed by atoms with Crippen molar-refractivity contribution in [3.05, 3.63) is 53.6 Å². The molecule has 8 heteroatoms. The maximum atomic E-state index is 13.2. The number of nitrogens with zero attached hydrogens (tertiary/aromatic N) is 1. The Bertz CT molecular complexity index is 1100. The molecule has 2 aliphatic heterocycles. The molecular weight excluding hydrogens is 416 g/mol. The standard InChI is InChI=1S/C23H26N2O5S/c1-17-6-9-19(15-22(17)31(27,28)25-12-4-2-3-5-13-25)24-23(26)11-8-18-7-10-20-21(14-18)30-16-29-20/h6-11,14-15H,2-5,12-13,16H2,1H3,(H,24,26)/b11-8+. The average molecular weight is 443 g/mol. The Morgan fingerprint density at radius 1 is 1.00 bits per heavy atom. The van der Waals surface area contributed by atoms with E-state index < -0.39 is 10.0 Å². The number of nitrogens with one attached hydrogen (secondary N) is 1. The monoisotopic (exact) mass is 442 g/mol. The van der Waals surface area contributed by atoms with Crippen molar-refractivity contribution in [3.63, 3.8) is 0 Å². The van der Waals surface area contributed by atoms with Gasteiger partial charge in [0.2, 0.25) is 22.7 Å². The zero-order chi connectivity index (χ0) is 21.8. The van der Waals surface area contributed by atoms with Crippen molar-refractivity contribution in [1.29, 1.82) is 0 Å². The zero-order valence-electron chi connectivity index (χ0n) is 17.5. The minimum Gasteiger partial charge on any atom is -0.454 e. The summed E-state index contributed by atoms with van der Waals surface area (Å²) in [6.45, 7) is 3.04. The molecule has 2 aromatic carbocycles. The minimum absolute atomic E-state index is 0.194. The number of sulfonamides is 1. The quantitative estimate of drug-likeness (QED) is 0.709. The second kappa shape index (κ2) is 9.11. The number of benzene rings is 2. The fourth-order valence-electron chi connectivity index (χ4n) is 3.75. The van der Waals surface area contributed by atoms with E-state index in [1.807, 2.05) is 6.07 Å². The van der Waals surface area contributed by atoms with Gasteiger partial charge in [-0.2, -0.15) is 4.31 Å². The van der Waals surface area contributed by atoms with Gasteiger partial charge >= 0.3 is 0 Å². The van der Waals surface area contributed by atoms with Crippen LogP contribution in [-0.2, 0) is 14.8 Å². The number of hydrogen-bond donors (Lipinski definition) is 1. The molecule has 164 valence electrons. The fourth-order valence-corrected chi connectivity index (χ4v) is 5.52. The first-order valence-electron chi connectivity index (χ1n) is 10.4. The normalized spacial score (nSPS) is 16.9. The highest BCUT2D eigenvalue weighted by Crippen LogP contribution is 2.33. The second-order valence-corrected chi connectivity index (χ2v) is 9.64. The van der Waals surface area contributed by atoms with Crippen LogP contribution in [0.15, 0.2) is 47.4 Å². The first-order chi connectivity index (χ1) is 14.9. The van der Waals surface area contributed by atoms with Crippen molar-refractivity contribution in [3.8, 4) is 11.5 Å². The molecule has 0 aromatic heterocycles. The van der Waals surface area contributed by atoms with Crippen LogP contribution in [0.4, 0.5) is 5.69 Å². The molecule has 7 nitrogen and oxygen atoms in total. The molecule has 0 radical (unpaired) electrons. The molecule has 0 atom stereocenters. The van der Waals surface area contributed by atoms with Crippen LogP contribution in [0.2, 0.25) is 0 Å². The summed E-state index contributed by atoms with van der Waals surface area (Å²) < 4.78 is 38.5. The predicted octanol–water partition coefficient (Wildman–Crippen LogP) is 3.94. The van der Waals surface area contributed by atoms with Gasteiger partial charge in [0.25, 0.3) is 0 Å². The number of amides is 1. The molecule has 1 saturated heterocycles. The van der Waals surface area contributed by atoms with Crippen LogP contribution in [-0.4, -0.2) is 38.5 Å². The van der Waals surface area contributed by atoms with Crippen LogP contribution in [0.25, 0.3) is 6.08 Å². The summed E-state index contributed by atoms with van der Waals surface area (Å²) in [5.74, 6) is 0.975. The van der Waals surface area contributed by atoms with Gasteiger partial charge in [-0.15, -0.1) is 0 Å². The molecule has 1 fully saturated rings. The summed E-state index contributed by atoms with van der Waals surface area (Å²) in [7, 11) is -3.60. The van der Waals surface area contributed by atoms with Gasteiger partial charge in [0.15, 0.2) is 11.5 Å². The Kier molecular flexibility index (Phi) is 6.29. The van der Waals surface area contributed by atoms with Crippen molar-refractivity contribution < 1.29 is 22.7 Å². The molecule has 31 heavy (non-hydrogen) atoms. The van der Waals surface area contributed by atoms with Crippen molar-refractivity contribution in [2.45, 2.75) is 37.5 Å². The predicted molar refractivity (Wildman–Crippen MR) is 119 cm³/mol. The fraction of sp³-hybridized carbons (Fsp3) is 0.348. The highest BCUT2D eigenvalue weighted by molar-refractivity contribution is 7.89. The van der Waals surface area contributed by atoms with E-state index in [1.165, 1.54) is 6.08 Å². The number of carbonyl (C=O) groups is 1. The Labute approximate surface area is 182 Å². The average Bonchev–Trinajstić information content (AvgIpc) is 3.04. The van der Waals surface area contributed by atoms with Crippen LogP contribution in [0.3, 0.4) is 0 Å². The largest absolute Gasteiger partial charge is 0.454 e. The van der Waals surface area contributed by atoms with E-state index >= 15 is 0 Å². The molecular formula is C23H26N2O5S. The lowest BCUT2D eigenvalue weighted by atomic mass is 10.2. The number of aryl methyl sites for hydroxylation is 1. The SMILES string of the molecule is Cc1ccc(NC(=O)/C=C/c2ccc3c(c2)OCO3)cc1S(=O)(=O)N1CCCCCC1. The van der Waals surface area contributed by atoms with Gasteiger partial charge in [-0.05, 0) is 61.2 Å². The first-order valence-corrected chi connectivity index (χ1v) is 11.9. The van der Waals surface area contributed by atoms with Gasteiger partial charge in [-0.3, -0.25) is 4.79 Å². The smallest absolute Gasteiger partial charge is 0.248 e. The van der Waals surface area contributed by atoms with Crippen LogP contribution in [0, 0.1) is 6.92 Å². The third kappa shape index (κ3) is 4.91. The Hall–Kier alpha value is -2.84. The summed E-state index contributed by atoms with van der Waals surface area (Å²) in [5.41, 5.74) is 1.91. The molecule has 2 aliphatic rings. The molecule has 0 saturated carbocycles. The highest BCUT2D eigenvalue weighted by Gasteiger charge is 2.27. The van der Waals surface area contributed by atoms with E-state index in [2.05, 4.69) is 5.32 Å². The van der Waals surface area contributed by atoms with Crippen molar-refractivity contribution in [2.24, 2.45) is 0 Å². The summed E-state index contributed by atoms with van der Waals surface area (Å²) in [4.78, 5) is 12.6. The van der Waals surface area contributed by atoms with Gasteiger partial charge in [0, 0.05) is 24.9 Å². The third-order valence-electron chi connectivity index (χ3n) is 5.46. The third-order valence-corrected chi connectivity index (χ3v) is 7.50. The number of ether oxygens (including phenoxy) is 2. The van der Waals surface area contributed by atoms with E-state index in [9.17, 15) is 13.2 Å². The van der Waals surface area contributed by atoms with E-state index in [-0.39, 0.29) is 17.6 Å². The van der Waals surface area contributed by atoms with Crippen LogP contribution in [0.5, 0.6) is 11.5 Å². The summed E-state index contributed by atoms with van der Waals surface area (Å²) in [5, 5.41) is 2.75. The summed E-state index contributed by atoms with van der Waals surface area (Å²) in [6, 6.07) is 10.4. The Morgan fingerprint density at radius 2 is 1.74 bits per heavy atom. The van der Waals surface area contributed by atoms with Crippen LogP contribution < -0.4 is 14.8 Å². The molecule has 4 rings (SSSR count). The zero-order valence-corrected chi connectivity index (χ0v) is 18.3. The van der Waals surface area contributed by atoms with Crippen LogP contribution >= 0.6 is 0 Å². The molecule has 1 amide bonds. The first kappa shape index (κ1) is 21.4.